The largest absolute Gasteiger partial charge is 0.455 e. The molecule has 0 unspecified atom stereocenters. The number of nitrogens with zero attached hydrogens (tertiary/aromatic N) is 2. The molecule has 220 valence electrons. The lowest BCUT2D eigenvalue weighted by Gasteiger charge is -2.11. The van der Waals surface area contributed by atoms with Crippen LogP contribution in [0.15, 0.2) is 174 Å². The average molecular weight is 601 g/mol. The molecule has 47 heavy (non-hydrogen) atoms. The number of rotatable bonds is 5. The minimum absolute atomic E-state index is 0.665. The van der Waals surface area contributed by atoms with Gasteiger partial charge in [-0.2, -0.15) is 0 Å². The van der Waals surface area contributed by atoms with Gasteiger partial charge in [0.15, 0.2) is 5.82 Å². The van der Waals surface area contributed by atoms with E-state index < -0.39 is 0 Å². The standard InChI is InChI=1S/C44H28N2O/c1-3-10-29(11-4-1)31-18-22-34(23-19-31)39-28-40(35-24-20-32(21-25-35)30-12-5-2-6-13-30)46-44(45-39)38-16-9-17-41-42(38)37-27-26-33-14-7-8-15-36(33)43(37)47-41/h1-28H. The second-order valence-corrected chi connectivity index (χ2v) is 11.8. The third-order valence-corrected chi connectivity index (χ3v) is 8.93. The number of aromatic nitrogens is 2. The Kier molecular flexibility index (Phi) is 6.46. The van der Waals surface area contributed by atoms with E-state index in [1.165, 1.54) is 22.3 Å². The van der Waals surface area contributed by atoms with Gasteiger partial charge in [-0.05, 0) is 45.8 Å². The van der Waals surface area contributed by atoms with Gasteiger partial charge < -0.3 is 4.42 Å². The molecule has 0 fully saturated rings. The van der Waals surface area contributed by atoms with Gasteiger partial charge in [-0.15, -0.1) is 0 Å². The van der Waals surface area contributed by atoms with Crippen molar-refractivity contribution >= 4 is 32.7 Å². The summed E-state index contributed by atoms with van der Waals surface area (Å²) in [5.74, 6) is 0.665. The van der Waals surface area contributed by atoms with Crippen LogP contribution in [0.2, 0.25) is 0 Å². The van der Waals surface area contributed by atoms with Crippen LogP contribution in [0.5, 0.6) is 0 Å². The van der Waals surface area contributed by atoms with Crippen LogP contribution < -0.4 is 0 Å². The summed E-state index contributed by atoms with van der Waals surface area (Å²) >= 11 is 0. The van der Waals surface area contributed by atoms with Gasteiger partial charge in [0.1, 0.15) is 11.2 Å². The van der Waals surface area contributed by atoms with Crippen LogP contribution in [0.1, 0.15) is 0 Å². The highest BCUT2D eigenvalue weighted by Gasteiger charge is 2.18. The van der Waals surface area contributed by atoms with E-state index in [1.54, 1.807) is 0 Å². The number of fused-ring (bicyclic) bond motifs is 5. The normalized spacial score (nSPS) is 11.4. The van der Waals surface area contributed by atoms with Crippen molar-refractivity contribution in [2.45, 2.75) is 0 Å². The zero-order valence-electron chi connectivity index (χ0n) is 25.5. The van der Waals surface area contributed by atoms with E-state index in [-0.39, 0.29) is 0 Å². The first-order valence-electron chi connectivity index (χ1n) is 15.8. The summed E-state index contributed by atoms with van der Waals surface area (Å²) in [4.78, 5) is 10.4. The van der Waals surface area contributed by atoms with Crippen LogP contribution in [0.4, 0.5) is 0 Å². The molecule has 2 heterocycles. The van der Waals surface area contributed by atoms with Crippen LogP contribution in [-0.4, -0.2) is 9.97 Å². The average Bonchev–Trinajstić information content (AvgIpc) is 3.55. The third kappa shape index (κ3) is 4.86. The lowest BCUT2D eigenvalue weighted by Crippen LogP contribution is -1.96. The number of furan rings is 1. The van der Waals surface area contributed by atoms with Crippen molar-refractivity contribution in [3.05, 3.63) is 170 Å². The van der Waals surface area contributed by atoms with Gasteiger partial charge in [0.05, 0.1) is 11.4 Å². The van der Waals surface area contributed by atoms with Crippen LogP contribution in [-0.2, 0) is 0 Å². The fraction of sp³-hybridized carbons (Fsp3) is 0. The lowest BCUT2D eigenvalue weighted by molar-refractivity contribution is 0.672. The Morgan fingerprint density at radius 1 is 0.383 bits per heavy atom. The molecule has 0 amide bonds. The molecular formula is C44H28N2O. The first-order valence-corrected chi connectivity index (χ1v) is 15.8. The molecule has 2 aromatic heterocycles. The van der Waals surface area contributed by atoms with Crippen molar-refractivity contribution in [1.82, 2.24) is 9.97 Å². The van der Waals surface area contributed by atoms with Gasteiger partial charge in [0.25, 0.3) is 0 Å². The number of hydrogen-bond acceptors (Lipinski definition) is 3. The van der Waals surface area contributed by atoms with E-state index in [2.05, 4.69) is 146 Å². The number of benzene rings is 7. The van der Waals surface area contributed by atoms with E-state index in [0.717, 1.165) is 60.8 Å². The minimum atomic E-state index is 0.665. The summed E-state index contributed by atoms with van der Waals surface area (Å²) < 4.78 is 6.51. The Morgan fingerprint density at radius 3 is 1.53 bits per heavy atom. The fourth-order valence-corrected chi connectivity index (χ4v) is 6.53. The molecule has 3 nitrogen and oxygen atoms in total. The van der Waals surface area contributed by atoms with Gasteiger partial charge >= 0.3 is 0 Å². The molecule has 0 radical (unpaired) electrons. The van der Waals surface area contributed by atoms with Crippen LogP contribution in [0, 0.1) is 0 Å². The molecule has 0 spiro atoms. The van der Waals surface area contributed by atoms with Crippen molar-refractivity contribution in [1.29, 1.82) is 0 Å². The Hall–Kier alpha value is -6.32. The molecule has 7 aromatic carbocycles. The molecule has 3 heteroatoms. The summed E-state index contributed by atoms with van der Waals surface area (Å²) in [5.41, 5.74) is 11.2. The topological polar surface area (TPSA) is 38.9 Å². The minimum Gasteiger partial charge on any atom is -0.455 e. The highest BCUT2D eigenvalue weighted by Crippen LogP contribution is 2.40. The van der Waals surface area contributed by atoms with E-state index in [4.69, 9.17) is 14.4 Å². The second kappa shape index (κ2) is 11.2. The van der Waals surface area contributed by atoms with E-state index in [1.807, 2.05) is 24.3 Å². The molecule has 0 N–H and O–H groups in total. The molecular weight excluding hydrogens is 572 g/mol. The Bertz CT molecular complexity index is 2430. The Morgan fingerprint density at radius 2 is 0.915 bits per heavy atom. The highest BCUT2D eigenvalue weighted by atomic mass is 16.3. The van der Waals surface area contributed by atoms with Crippen LogP contribution in [0.25, 0.3) is 88.9 Å². The molecule has 0 aliphatic carbocycles. The summed E-state index contributed by atoms with van der Waals surface area (Å²) in [7, 11) is 0. The smallest absolute Gasteiger partial charge is 0.161 e. The van der Waals surface area contributed by atoms with E-state index in [9.17, 15) is 0 Å². The Balaban J connectivity index is 1.22. The quantitative estimate of drug-likeness (QED) is 0.197. The summed E-state index contributed by atoms with van der Waals surface area (Å²) in [6, 6.07) is 59.1. The molecule has 9 aromatic rings. The summed E-state index contributed by atoms with van der Waals surface area (Å²) in [6.07, 6.45) is 0. The maximum absolute atomic E-state index is 6.51. The maximum atomic E-state index is 6.51. The van der Waals surface area contributed by atoms with Crippen molar-refractivity contribution in [3.8, 4) is 56.2 Å². The zero-order valence-corrected chi connectivity index (χ0v) is 25.5. The van der Waals surface area contributed by atoms with Gasteiger partial charge in [0, 0.05) is 32.8 Å². The van der Waals surface area contributed by atoms with Crippen molar-refractivity contribution in [2.75, 3.05) is 0 Å². The maximum Gasteiger partial charge on any atom is 0.161 e. The predicted molar refractivity (Wildman–Crippen MR) is 194 cm³/mol. The zero-order chi connectivity index (χ0) is 31.2. The van der Waals surface area contributed by atoms with Gasteiger partial charge in [-0.25, -0.2) is 9.97 Å². The summed E-state index contributed by atoms with van der Waals surface area (Å²) in [5, 5.41) is 4.33. The molecule has 0 atom stereocenters. The molecule has 0 bridgehead atoms. The SMILES string of the molecule is c1ccc(-c2ccc(-c3cc(-c4ccc(-c5ccccc5)cc4)nc(-c4cccc5oc6c7ccccc7ccc6c45)n3)cc2)cc1. The Labute approximate surface area is 272 Å². The summed E-state index contributed by atoms with van der Waals surface area (Å²) in [6.45, 7) is 0. The lowest BCUT2D eigenvalue weighted by atomic mass is 9.99. The fourth-order valence-electron chi connectivity index (χ4n) is 6.53. The molecule has 9 rings (SSSR count). The predicted octanol–water partition coefficient (Wildman–Crippen LogP) is 11.9. The van der Waals surface area contributed by atoms with E-state index >= 15 is 0 Å². The monoisotopic (exact) mass is 600 g/mol. The van der Waals surface area contributed by atoms with Crippen LogP contribution >= 0.6 is 0 Å². The van der Waals surface area contributed by atoms with Gasteiger partial charge in [0.2, 0.25) is 0 Å². The molecule has 0 saturated heterocycles. The first-order chi connectivity index (χ1) is 23.3. The van der Waals surface area contributed by atoms with Gasteiger partial charge in [-0.1, -0.05) is 152 Å². The highest BCUT2D eigenvalue weighted by molar-refractivity contribution is 6.18. The van der Waals surface area contributed by atoms with Crippen molar-refractivity contribution in [2.24, 2.45) is 0 Å². The molecule has 0 aliphatic heterocycles. The number of hydrogen-bond donors (Lipinski definition) is 0. The third-order valence-electron chi connectivity index (χ3n) is 8.93. The van der Waals surface area contributed by atoms with Gasteiger partial charge in [-0.3, -0.25) is 0 Å². The van der Waals surface area contributed by atoms with E-state index in [0.29, 0.717) is 5.82 Å². The van der Waals surface area contributed by atoms with Crippen molar-refractivity contribution in [3.63, 3.8) is 0 Å². The second-order valence-electron chi connectivity index (χ2n) is 11.8. The van der Waals surface area contributed by atoms with Crippen molar-refractivity contribution < 1.29 is 4.42 Å². The van der Waals surface area contributed by atoms with Crippen LogP contribution in [0.3, 0.4) is 0 Å². The molecule has 0 aliphatic rings. The first kappa shape index (κ1) is 27.0. The molecule has 0 saturated carbocycles.